The molecule has 1 fully saturated rings. The van der Waals surface area contributed by atoms with Crippen molar-refractivity contribution in [1.82, 2.24) is 9.80 Å². The van der Waals surface area contributed by atoms with Crippen LogP contribution in [0.5, 0.6) is 0 Å². The maximum atomic E-state index is 9.55. The highest BCUT2D eigenvalue weighted by atomic mass is 16.4. The number of piperazine rings is 1. The minimum atomic E-state index is -1.26. The molecule has 0 saturated carbocycles. The van der Waals surface area contributed by atoms with Crippen LogP contribution in [0.4, 0.5) is 0 Å². The Morgan fingerprint density at radius 3 is 2.11 bits per heavy atom. The van der Waals surface area contributed by atoms with Crippen molar-refractivity contribution in [3.63, 3.8) is 0 Å². The Kier molecular flexibility index (Phi) is 8.48. The normalized spacial score (nSPS) is 18.3. The number of hydrogen-bond donors (Lipinski definition) is 2. The number of hydrogen-bond acceptors (Lipinski definition) is 4. The number of rotatable bonds is 4. The number of fused-ring (bicyclic) bond motifs is 1. The number of aryl methyl sites for hydroxylation is 2. The molecule has 1 aromatic rings. The first-order valence-electron chi connectivity index (χ1n) is 9.59. The molecule has 6 heteroatoms. The van der Waals surface area contributed by atoms with E-state index in [2.05, 4.69) is 35.0 Å². The number of carbonyl (C=O) groups is 2. The van der Waals surface area contributed by atoms with E-state index >= 15 is 0 Å². The van der Waals surface area contributed by atoms with Gasteiger partial charge in [0.25, 0.3) is 0 Å². The van der Waals surface area contributed by atoms with E-state index in [-0.39, 0.29) is 0 Å². The van der Waals surface area contributed by atoms with Crippen molar-refractivity contribution in [3.05, 3.63) is 47.0 Å². The molecule has 0 aromatic heterocycles. The summed E-state index contributed by atoms with van der Waals surface area (Å²) in [6, 6.07) is 7.24. The second-order valence-electron chi connectivity index (χ2n) is 7.25. The molecule has 1 aliphatic carbocycles. The molecule has 3 rings (SSSR count). The highest BCUT2D eigenvalue weighted by Gasteiger charge is 2.15. The van der Waals surface area contributed by atoms with Crippen LogP contribution in [0.2, 0.25) is 0 Å². The lowest BCUT2D eigenvalue weighted by Crippen LogP contribution is -2.43. The third-order valence-electron chi connectivity index (χ3n) is 5.03. The third kappa shape index (κ3) is 7.93. The van der Waals surface area contributed by atoms with E-state index in [1.54, 1.807) is 11.1 Å². The number of carboxylic acids is 2. The number of benzene rings is 1. The molecule has 148 valence electrons. The molecular formula is C21H30N2O4. The van der Waals surface area contributed by atoms with Gasteiger partial charge in [-0.1, -0.05) is 24.6 Å². The molecule has 1 heterocycles. The maximum Gasteiger partial charge on any atom is 0.328 e. The zero-order chi connectivity index (χ0) is 19.6. The van der Waals surface area contributed by atoms with Crippen molar-refractivity contribution < 1.29 is 19.8 Å². The second kappa shape index (κ2) is 10.8. The molecule has 1 aliphatic heterocycles. The molecule has 0 atom stereocenters. The molecule has 1 aromatic carbocycles. The summed E-state index contributed by atoms with van der Waals surface area (Å²) in [5.74, 6) is -2.51. The van der Waals surface area contributed by atoms with Crippen LogP contribution < -0.4 is 0 Å². The lowest BCUT2D eigenvalue weighted by Gasteiger charge is -2.32. The molecule has 1 saturated heterocycles. The van der Waals surface area contributed by atoms with Crippen molar-refractivity contribution >= 4 is 11.9 Å². The smallest absolute Gasteiger partial charge is 0.328 e. The Morgan fingerprint density at radius 1 is 0.926 bits per heavy atom. The van der Waals surface area contributed by atoms with Gasteiger partial charge >= 0.3 is 11.9 Å². The zero-order valence-electron chi connectivity index (χ0n) is 16.1. The first-order chi connectivity index (χ1) is 12.9. The van der Waals surface area contributed by atoms with Gasteiger partial charge in [-0.3, -0.25) is 4.90 Å². The molecule has 0 spiro atoms. The summed E-state index contributed by atoms with van der Waals surface area (Å²) in [7, 11) is 2.22. The van der Waals surface area contributed by atoms with Crippen molar-refractivity contribution in [3.8, 4) is 0 Å². The average molecular weight is 374 g/mol. The standard InChI is InChI=1S/C17H26N2.C4H4O4/c1-18-9-11-19(12-10-18)14-15-7-8-16-5-3-2-4-6-17(16)13-15;5-3(6)1-2-4(7)8/h7-8,13H,2-6,9-12,14H2,1H3;1-2H,(H,5,6)(H,7,8)/b;2-1-. The van der Waals surface area contributed by atoms with Gasteiger partial charge in [-0.05, 0) is 49.4 Å². The predicted molar refractivity (Wildman–Crippen MR) is 105 cm³/mol. The van der Waals surface area contributed by atoms with Gasteiger partial charge in [0, 0.05) is 44.9 Å². The average Bonchev–Trinajstić information content (AvgIpc) is 2.87. The Balaban J connectivity index is 0.000000279. The predicted octanol–water partition coefficient (Wildman–Crippen LogP) is 2.41. The number of nitrogens with zero attached hydrogens (tertiary/aromatic N) is 2. The summed E-state index contributed by atoms with van der Waals surface area (Å²) in [4.78, 5) is 24.1. The third-order valence-corrected chi connectivity index (χ3v) is 5.03. The molecule has 0 unspecified atom stereocenters. The van der Waals surface area contributed by atoms with Gasteiger partial charge in [0.15, 0.2) is 0 Å². The van der Waals surface area contributed by atoms with Gasteiger partial charge in [-0.25, -0.2) is 9.59 Å². The van der Waals surface area contributed by atoms with Crippen LogP contribution in [0, 0.1) is 0 Å². The molecule has 2 N–H and O–H groups in total. The Bertz CT molecular complexity index is 648. The van der Waals surface area contributed by atoms with E-state index in [0.29, 0.717) is 12.2 Å². The summed E-state index contributed by atoms with van der Waals surface area (Å²) in [6.45, 7) is 6.00. The molecular weight excluding hydrogens is 344 g/mol. The van der Waals surface area contributed by atoms with Crippen LogP contribution >= 0.6 is 0 Å². The van der Waals surface area contributed by atoms with Gasteiger partial charge in [0.05, 0.1) is 0 Å². The topological polar surface area (TPSA) is 81.1 Å². The van der Waals surface area contributed by atoms with Crippen LogP contribution in [-0.2, 0) is 29.0 Å². The van der Waals surface area contributed by atoms with Crippen molar-refractivity contribution in [2.45, 2.75) is 38.6 Å². The summed E-state index contributed by atoms with van der Waals surface area (Å²) in [5.41, 5.74) is 4.76. The SMILES string of the molecule is CN1CCN(Cc2ccc3c(c2)CCCCC3)CC1.O=C(O)/C=C\C(=O)O. The van der Waals surface area contributed by atoms with Crippen molar-refractivity contribution in [2.75, 3.05) is 33.2 Å². The van der Waals surface area contributed by atoms with Gasteiger partial charge in [-0.15, -0.1) is 0 Å². The van der Waals surface area contributed by atoms with Gasteiger partial charge < -0.3 is 15.1 Å². The minimum absolute atomic E-state index is 0.558. The van der Waals surface area contributed by atoms with Gasteiger partial charge in [0.1, 0.15) is 0 Å². The maximum absolute atomic E-state index is 9.55. The fourth-order valence-corrected chi connectivity index (χ4v) is 3.47. The first-order valence-corrected chi connectivity index (χ1v) is 9.59. The molecule has 27 heavy (non-hydrogen) atoms. The molecule has 2 aliphatic rings. The van der Waals surface area contributed by atoms with E-state index in [9.17, 15) is 9.59 Å². The van der Waals surface area contributed by atoms with Crippen LogP contribution in [0.3, 0.4) is 0 Å². The summed E-state index contributed by atoms with van der Waals surface area (Å²) in [6.07, 6.45) is 7.87. The van der Waals surface area contributed by atoms with Crippen LogP contribution in [0.1, 0.15) is 36.0 Å². The second-order valence-corrected chi connectivity index (χ2v) is 7.25. The van der Waals surface area contributed by atoms with E-state index in [0.717, 1.165) is 6.54 Å². The van der Waals surface area contributed by atoms with Crippen molar-refractivity contribution in [1.29, 1.82) is 0 Å². The highest BCUT2D eigenvalue weighted by Crippen LogP contribution is 2.22. The summed E-state index contributed by atoms with van der Waals surface area (Å²) >= 11 is 0. The Hall–Kier alpha value is -2.18. The lowest BCUT2D eigenvalue weighted by atomic mass is 10.00. The molecule has 0 bridgehead atoms. The van der Waals surface area contributed by atoms with E-state index < -0.39 is 11.9 Å². The lowest BCUT2D eigenvalue weighted by molar-refractivity contribution is -0.134. The van der Waals surface area contributed by atoms with Gasteiger partial charge in [-0.2, -0.15) is 0 Å². The van der Waals surface area contributed by atoms with E-state index in [1.807, 2.05) is 0 Å². The van der Waals surface area contributed by atoms with E-state index in [4.69, 9.17) is 10.2 Å². The summed E-state index contributed by atoms with van der Waals surface area (Å²) in [5, 5.41) is 15.6. The number of likely N-dealkylation sites (N-methyl/N-ethyl adjacent to an activating group) is 1. The van der Waals surface area contributed by atoms with Crippen LogP contribution in [0.15, 0.2) is 30.4 Å². The minimum Gasteiger partial charge on any atom is -0.478 e. The molecule has 0 amide bonds. The Labute approximate surface area is 161 Å². The first kappa shape index (κ1) is 21.1. The Morgan fingerprint density at radius 2 is 1.52 bits per heavy atom. The fourth-order valence-electron chi connectivity index (χ4n) is 3.47. The molecule has 0 radical (unpaired) electrons. The fraction of sp³-hybridized carbons (Fsp3) is 0.524. The highest BCUT2D eigenvalue weighted by molar-refractivity contribution is 5.89. The van der Waals surface area contributed by atoms with Crippen LogP contribution in [-0.4, -0.2) is 65.2 Å². The monoisotopic (exact) mass is 374 g/mol. The largest absolute Gasteiger partial charge is 0.478 e. The van der Waals surface area contributed by atoms with Crippen molar-refractivity contribution in [2.24, 2.45) is 0 Å². The van der Waals surface area contributed by atoms with Crippen LogP contribution in [0.25, 0.3) is 0 Å². The van der Waals surface area contributed by atoms with E-state index in [1.165, 1.54) is 63.8 Å². The van der Waals surface area contributed by atoms with Gasteiger partial charge in [0.2, 0.25) is 0 Å². The quantitative estimate of drug-likeness (QED) is 0.622. The number of carboxylic acid groups (broad SMARTS) is 2. The zero-order valence-corrected chi connectivity index (χ0v) is 16.1. The molecule has 6 nitrogen and oxygen atoms in total. The summed E-state index contributed by atoms with van der Waals surface area (Å²) < 4.78 is 0. The number of aliphatic carboxylic acids is 2.